The zero-order valence-corrected chi connectivity index (χ0v) is 18.0. The lowest BCUT2D eigenvalue weighted by atomic mass is 9.96. The first-order valence-electron chi connectivity index (χ1n) is 10.5. The average Bonchev–Trinajstić information content (AvgIpc) is 3.12. The van der Waals surface area contributed by atoms with Crippen LogP contribution in [0.5, 0.6) is 0 Å². The van der Waals surface area contributed by atoms with Gasteiger partial charge in [-0.3, -0.25) is 0 Å². The van der Waals surface area contributed by atoms with Crippen LogP contribution < -0.4 is 0 Å². The van der Waals surface area contributed by atoms with E-state index in [1.54, 1.807) is 23.5 Å². The molecule has 29 heavy (non-hydrogen) atoms. The standard InChI is InChI=1S/C23H29N3O2S/c1-3-23-24-21-11-7-8-12-22(21)26(23)17-18-13-15-20(16-14-18)29(27,28)25(2)19-9-5-4-6-10-19/h7-8,11-16,19H,3-6,9-10,17H2,1-2H3. The number of aromatic nitrogens is 2. The first kappa shape index (κ1) is 20.1. The minimum Gasteiger partial charge on any atom is -0.323 e. The molecule has 0 N–H and O–H groups in total. The summed E-state index contributed by atoms with van der Waals surface area (Å²) in [4.78, 5) is 5.09. The largest absolute Gasteiger partial charge is 0.323 e. The van der Waals surface area contributed by atoms with Gasteiger partial charge in [-0.1, -0.05) is 50.5 Å². The number of sulfonamides is 1. The third-order valence-corrected chi connectivity index (χ3v) is 8.00. The first-order valence-corrected chi connectivity index (χ1v) is 12.0. The Hall–Kier alpha value is -2.18. The molecule has 0 amide bonds. The van der Waals surface area contributed by atoms with Crippen LogP contribution in [-0.4, -0.2) is 35.4 Å². The summed E-state index contributed by atoms with van der Waals surface area (Å²) in [6.45, 7) is 2.79. The van der Waals surface area contributed by atoms with Gasteiger partial charge in [-0.25, -0.2) is 13.4 Å². The molecule has 2 aromatic carbocycles. The van der Waals surface area contributed by atoms with Crippen LogP contribution in [-0.2, 0) is 23.0 Å². The predicted octanol–water partition coefficient (Wildman–Crippen LogP) is 4.60. The summed E-state index contributed by atoms with van der Waals surface area (Å²) < 4.78 is 29.9. The van der Waals surface area contributed by atoms with Gasteiger partial charge in [-0.2, -0.15) is 4.31 Å². The Morgan fingerprint density at radius 3 is 2.41 bits per heavy atom. The van der Waals surface area contributed by atoms with Crippen LogP contribution in [0, 0.1) is 0 Å². The number of aryl methyl sites for hydroxylation is 1. The molecule has 0 bridgehead atoms. The Morgan fingerprint density at radius 2 is 1.72 bits per heavy atom. The number of imidazole rings is 1. The number of para-hydroxylation sites is 2. The molecule has 1 heterocycles. The monoisotopic (exact) mass is 411 g/mol. The highest BCUT2D eigenvalue weighted by atomic mass is 32.2. The highest BCUT2D eigenvalue weighted by Gasteiger charge is 2.28. The zero-order chi connectivity index (χ0) is 20.4. The van der Waals surface area contributed by atoms with Crippen molar-refractivity contribution < 1.29 is 8.42 Å². The summed E-state index contributed by atoms with van der Waals surface area (Å²) in [7, 11) is -1.72. The number of rotatable bonds is 6. The van der Waals surface area contributed by atoms with Gasteiger partial charge in [0.25, 0.3) is 0 Å². The van der Waals surface area contributed by atoms with Crippen molar-refractivity contribution in [1.29, 1.82) is 0 Å². The highest BCUT2D eigenvalue weighted by molar-refractivity contribution is 7.89. The third kappa shape index (κ3) is 3.96. The summed E-state index contributed by atoms with van der Waals surface area (Å²) in [5.74, 6) is 1.04. The molecule has 0 spiro atoms. The van der Waals surface area contributed by atoms with Crippen LogP contribution in [0.3, 0.4) is 0 Å². The van der Waals surface area contributed by atoms with E-state index in [1.165, 1.54) is 6.42 Å². The Bertz CT molecular complexity index is 1080. The molecule has 0 unspecified atom stereocenters. The van der Waals surface area contributed by atoms with E-state index >= 15 is 0 Å². The van der Waals surface area contributed by atoms with Gasteiger partial charge in [0.05, 0.1) is 15.9 Å². The van der Waals surface area contributed by atoms with E-state index in [2.05, 4.69) is 17.6 Å². The van der Waals surface area contributed by atoms with Crippen molar-refractivity contribution in [3.63, 3.8) is 0 Å². The van der Waals surface area contributed by atoms with Crippen molar-refractivity contribution in [3.8, 4) is 0 Å². The van der Waals surface area contributed by atoms with Gasteiger partial charge in [-0.05, 0) is 42.7 Å². The van der Waals surface area contributed by atoms with E-state index in [1.807, 2.05) is 30.3 Å². The van der Waals surface area contributed by atoms with Crippen LogP contribution in [0.4, 0.5) is 0 Å². The number of nitrogens with zero attached hydrogens (tertiary/aromatic N) is 3. The molecule has 3 aromatic rings. The van der Waals surface area contributed by atoms with Crippen LogP contribution in [0.2, 0.25) is 0 Å². The van der Waals surface area contributed by atoms with Crippen molar-refractivity contribution >= 4 is 21.1 Å². The fraction of sp³-hybridized carbons (Fsp3) is 0.435. The molecule has 1 aromatic heterocycles. The smallest absolute Gasteiger partial charge is 0.243 e. The maximum absolute atomic E-state index is 13.0. The quantitative estimate of drug-likeness (QED) is 0.596. The molecule has 0 aliphatic heterocycles. The van der Waals surface area contributed by atoms with Crippen LogP contribution in [0.25, 0.3) is 11.0 Å². The molecule has 1 saturated carbocycles. The average molecular weight is 412 g/mol. The molecule has 1 aliphatic rings. The number of hydrogen-bond donors (Lipinski definition) is 0. The van der Waals surface area contributed by atoms with E-state index < -0.39 is 10.0 Å². The van der Waals surface area contributed by atoms with Crippen LogP contribution in [0.15, 0.2) is 53.4 Å². The van der Waals surface area contributed by atoms with Crippen molar-refractivity contribution in [2.24, 2.45) is 0 Å². The summed E-state index contributed by atoms with van der Waals surface area (Å²) in [5, 5.41) is 0. The topological polar surface area (TPSA) is 55.2 Å². The fourth-order valence-electron chi connectivity index (χ4n) is 4.33. The molecule has 1 aliphatic carbocycles. The van der Waals surface area contributed by atoms with Gasteiger partial charge in [0.1, 0.15) is 5.82 Å². The molecule has 154 valence electrons. The summed E-state index contributed by atoms with van der Waals surface area (Å²) in [6, 6.07) is 15.6. The zero-order valence-electron chi connectivity index (χ0n) is 17.2. The third-order valence-electron chi connectivity index (χ3n) is 6.08. The SMILES string of the molecule is CCc1nc2ccccc2n1Cc1ccc(S(=O)(=O)N(C)C2CCCCC2)cc1. The van der Waals surface area contributed by atoms with E-state index in [4.69, 9.17) is 4.98 Å². The summed E-state index contributed by atoms with van der Waals surface area (Å²) in [5.41, 5.74) is 3.18. The van der Waals surface area contributed by atoms with E-state index in [0.29, 0.717) is 11.4 Å². The van der Waals surface area contributed by atoms with Gasteiger partial charge in [0, 0.05) is 26.1 Å². The maximum Gasteiger partial charge on any atom is 0.243 e. The Kier molecular flexibility index (Phi) is 5.74. The van der Waals surface area contributed by atoms with E-state index in [0.717, 1.165) is 54.5 Å². The molecule has 0 atom stereocenters. The number of benzene rings is 2. The number of hydrogen-bond acceptors (Lipinski definition) is 3. The second-order valence-electron chi connectivity index (χ2n) is 7.91. The Balaban J connectivity index is 1.57. The molecule has 5 nitrogen and oxygen atoms in total. The van der Waals surface area contributed by atoms with Crippen LogP contribution >= 0.6 is 0 Å². The summed E-state index contributed by atoms with van der Waals surface area (Å²) >= 11 is 0. The molecule has 4 rings (SSSR count). The lowest BCUT2D eigenvalue weighted by molar-refractivity contribution is 0.286. The van der Waals surface area contributed by atoms with Crippen molar-refractivity contribution in [2.45, 2.75) is 62.9 Å². The van der Waals surface area contributed by atoms with Gasteiger partial charge in [0.2, 0.25) is 10.0 Å². The Morgan fingerprint density at radius 1 is 1.03 bits per heavy atom. The maximum atomic E-state index is 13.0. The van der Waals surface area contributed by atoms with E-state index in [9.17, 15) is 8.42 Å². The second-order valence-corrected chi connectivity index (χ2v) is 9.91. The molecular weight excluding hydrogens is 382 g/mol. The van der Waals surface area contributed by atoms with Crippen molar-refractivity contribution in [3.05, 3.63) is 59.9 Å². The van der Waals surface area contributed by atoms with Gasteiger partial charge < -0.3 is 4.57 Å². The number of fused-ring (bicyclic) bond motifs is 1. The van der Waals surface area contributed by atoms with Crippen molar-refractivity contribution in [2.75, 3.05) is 7.05 Å². The van der Waals surface area contributed by atoms with E-state index in [-0.39, 0.29) is 6.04 Å². The molecule has 1 fully saturated rings. The minimum absolute atomic E-state index is 0.123. The molecule has 0 radical (unpaired) electrons. The first-order chi connectivity index (χ1) is 14.0. The normalized spacial score (nSPS) is 16.0. The van der Waals surface area contributed by atoms with Gasteiger partial charge in [0.15, 0.2) is 0 Å². The highest BCUT2D eigenvalue weighted by Crippen LogP contribution is 2.27. The Labute approximate surface area is 173 Å². The second kappa shape index (κ2) is 8.28. The lowest BCUT2D eigenvalue weighted by Crippen LogP contribution is -2.38. The molecular formula is C23H29N3O2S. The minimum atomic E-state index is -3.45. The van der Waals surface area contributed by atoms with Crippen LogP contribution in [0.1, 0.15) is 50.4 Å². The van der Waals surface area contributed by atoms with Gasteiger partial charge in [-0.15, -0.1) is 0 Å². The van der Waals surface area contributed by atoms with Gasteiger partial charge >= 0.3 is 0 Å². The fourth-order valence-corrected chi connectivity index (χ4v) is 5.74. The molecule has 6 heteroatoms. The molecule has 0 saturated heterocycles. The lowest BCUT2D eigenvalue weighted by Gasteiger charge is -2.30. The predicted molar refractivity (Wildman–Crippen MR) is 116 cm³/mol. The van der Waals surface area contributed by atoms with Crippen molar-refractivity contribution in [1.82, 2.24) is 13.9 Å². The summed E-state index contributed by atoms with van der Waals surface area (Å²) in [6.07, 6.45) is 6.21.